The normalized spacial score (nSPS) is 17.3. The lowest BCUT2D eigenvalue weighted by Crippen LogP contribution is -2.45. The van der Waals surface area contributed by atoms with Crippen LogP contribution in [0, 0.1) is 6.92 Å². The lowest BCUT2D eigenvalue weighted by atomic mass is 10.0. The van der Waals surface area contributed by atoms with Crippen LogP contribution in [-0.2, 0) is 19.6 Å². The molecular formula is C22H27N3O4S. The number of anilines is 1. The number of aryl methyl sites for hydroxylation is 1. The Morgan fingerprint density at radius 1 is 1.00 bits per heavy atom. The monoisotopic (exact) mass is 429 g/mol. The molecule has 160 valence electrons. The van der Waals surface area contributed by atoms with E-state index in [0.717, 1.165) is 24.8 Å². The molecule has 1 aliphatic heterocycles. The van der Waals surface area contributed by atoms with Crippen LogP contribution in [0.15, 0.2) is 59.5 Å². The largest absolute Gasteiger partial charge is 0.348 e. The van der Waals surface area contributed by atoms with E-state index in [1.54, 1.807) is 48.5 Å². The number of carbonyl (C=O) groups excluding carboxylic acids is 2. The van der Waals surface area contributed by atoms with E-state index in [9.17, 15) is 18.0 Å². The van der Waals surface area contributed by atoms with Gasteiger partial charge in [0.25, 0.3) is 0 Å². The van der Waals surface area contributed by atoms with E-state index in [1.165, 1.54) is 4.31 Å². The highest BCUT2D eigenvalue weighted by molar-refractivity contribution is 7.89. The van der Waals surface area contributed by atoms with E-state index < -0.39 is 21.8 Å². The maximum atomic E-state index is 13.1. The van der Waals surface area contributed by atoms with Crippen LogP contribution >= 0.6 is 0 Å². The second-order valence-corrected chi connectivity index (χ2v) is 9.33. The second-order valence-electron chi connectivity index (χ2n) is 7.44. The van der Waals surface area contributed by atoms with Crippen molar-refractivity contribution in [3.8, 4) is 0 Å². The van der Waals surface area contributed by atoms with E-state index in [1.807, 2.05) is 13.0 Å². The van der Waals surface area contributed by atoms with Gasteiger partial charge in [-0.2, -0.15) is 4.31 Å². The molecule has 1 heterocycles. The van der Waals surface area contributed by atoms with Crippen molar-refractivity contribution in [3.05, 3.63) is 60.2 Å². The van der Waals surface area contributed by atoms with Gasteiger partial charge >= 0.3 is 11.8 Å². The summed E-state index contributed by atoms with van der Waals surface area (Å²) in [7, 11) is -3.59. The third kappa shape index (κ3) is 5.46. The van der Waals surface area contributed by atoms with Gasteiger partial charge in [-0.15, -0.1) is 0 Å². The highest BCUT2D eigenvalue weighted by Gasteiger charge is 2.33. The average molecular weight is 430 g/mol. The van der Waals surface area contributed by atoms with Crippen molar-refractivity contribution in [1.29, 1.82) is 0 Å². The minimum atomic E-state index is -3.59. The zero-order valence-electron chi connectivity index (χ0n) is 17.0. The lowest BCUT2D eigenvalue weighted by molar-refractivity contribution is -0.136. The molecule has 0 unspecified atom stereocenters. The molecule has 7 nitrogen and oxygen atoms in total. The molecule has 0 spiro atoms. The van der Waals surface area contributed by atoms with Crippen molar-refractivity contribution < 1.29 is 18.0 Å². The van der Waals surface area contributed by atoms with Crippen molar-refractivity contribution in [1.82, 2.24) is 9.62 Å². The van der Waals surface area contributed by atoms with Gasteiger partial charge in [0.1, 0.15) is 0 Å². The minimum absolute atomic E-state index is 0.206. The van der Waals surface area contributed by atoms with E-state index in [0.29, 0.717) is 18.7 Å². The fraction of sp³-hybridized carbons (Fsp3) is 0.364. The number of benzene rings is 2. The summed E-state index contributed by atoms with van der Waals surface area (Å²) in [6.45, 7) is 2.60. The highest BCUT2D eigenvalue weighted by Crippen LogP contribution is 2.27. The van der Waals surface area contributed by atoms with Gasteiger partial charge in [-0.3, -0.25) is 9.59 Å². The predicted molar refractivity (Wildman–Crippen MR) is 115 cm³/mol. The smallest absolute Gasteiger partial charge is 0.313 e. The Morgan fingerprint density at radius 3 is 2.40 bits per heavy atom. The summed E-state index contributed by atoms with van der Waals surface area (Å²) >= 11 is 0. The van der Waals surface area contributed by atoms with E-state index in [-0.39, 0.29) is 17.5 Å². The molecule has 0 radical (unpaired) electrons. The first-order chi connectivity index (χ1) is 14.4. The molecule has 0 bridgehead atoms. The molecule has 2 aromatic carbocycles. The summed E-state index contributed by atoms with van der Waals surface area (Å²) in [5, 5.41) is 5.13. The van der Waals surface area contributed by atoms with Crippen LogP contribution in [0.1, 0.15) is 31.2 Å². The SMILES string of the molecule is Cc1ccc(S(=O)(=O)N2CCCC[C@@H]2CCNC(=O)C(=O)Nc2ccccc2)cc1. The van der Waals surface area contributed by atoms with Gasteiger partial charge < -0.3 is 10.6 Å². The van der Waals surface area contributed by atoms with Gasteiger partial charge in [-0.25, -0.2) is 8.42 Å². The summed E-state index contributed by atoms with van der Waals surface area (Å²) in [4.78, 5) is 24.4. The fourth-order valence-electron chi connectivity index (χ4n) is 3.57. The first-order valence-corrected chi connectivity index (χ1v) is 11.5. The number of nitrogens with zero attached hydrogens (tertiary/aromatic N) is 1. The number of hydrogen-bond acceptors (Lipinski definition) is 4. The van der Waals surface area contributed by atoms with Crippen LogP contribution in [0.25, 0.3) is 0 Å². The lowest BCUT2D eigenvalue weighted by Gasteiger charge is -2.34. The van der Waals surface area contributed by atoms with Gasteiger partial charge in [0.05, 0.1) is 4.90 Å². The van der Waals surface area contributed by atoms with Crippen LogP contribution in [0.4, 0.5) is 5.69 Å². The molecule has 0 aromatic heterocycles. The number of rotatable bonds is 6. The second kappa shape index (κ2) is 9.86. The van der Waals surface area contributed by atoms with E-state index in [2.05, 4.69) is 10.6 Å². The van der Waals surface area contributed by atoms with Crippen molar-refractivity contribution in [3.63, 3.8) is 0 Å². The minimum Gasteiger partial charge on any atom is -0.348 e. The number of sulfonamides is 1. The molecule has 1 fully saturated rings. The summed E-state index contributed by atoms with van der Waals surface area (Å²) in [6, 6.07) is 15.4. The summed E-state index contributed by atoms with van der Waals surface area (Å²) < 4.78 is 27.7. The number of amides is 2. The number of carbonyl (C=O) groups is 2. The highest BCUT2D eigenvalue weighted by atomic mass is 32.2. The van der Waals surface area contributed by atoms with E-state index >= 15 is 0 Å². The maximum Gasteiger partial charge on any atom is 0.313 e. The third-order valence-electron chi connectivity index (χ3n) is 5.20. The predicted octanol–water partition coefficient (Wildman–Crippen LogP) is 2.68. The molecule has 8 heteroatoms. The van der Waals surface area contributed by atoms with Gasteiger partial charge in [0.2, 0.25) is 10.0 Å². The van der Waals surface area contributed by atoms with Crippen LogP contribution in [-0.4, -0.2) is 43.7 Å². The van der Waals surface area contributed by atoms with Crippen LogP contribution in [0.5, 0.6) is 0 Å². The molecule has 2 aromatic rings. The molecule has 1 aliphatic rings. The van der Waals surface area contributed by atoms with Crippen LogP contribution in [0.2, 0.25) is 0 Å². The topological polar surface area (TPSA) is 95.6 Å². The molecule has 2 N–H and O–H groups in total. The fourth-order valence-corrected chi connectivity index (χ4v) is 5.29. The van der Waals surface area contributed by atoms with Crippen molar-refractivity contribution in [2.45, 2.75) is 43.5 Å². The summed E-state index contributed by atoms with van der Waals surface area (Å²) in [5.74, 6) is -1.48. The molecule has 0 aliphatic carbocycles. The number of nitrogens with one attached hydrogen (secondary N) is 2. The Kier molecular flexibility index (Phi) is 7.23. The molecule has 30 heavy (non-hydrogen) atoms. The summed E-state index contributed by atoms with van der Waals surface area (Å²) in [5.41, 5.74) is 1.54. The number of piperidine rings is 1. The Labute approximate surface area is 177 Å². The van der Waals surface area contributed by atoms with Crippen LogP contribution < -0.4 is 10.6 Å². The van der Waals surface area contributed by atoms with Crippen LogP contribution in [0.3, 0.4) is 0 Å². The Morgan fingerprint density at radius 2 is 1.70 bits per heavy atom. The molecule has 1 atom stereocenters. The summed E-state index contributed by atoms with van der Waals surface area (Å²) in [6.07, 6.45) is 2.94. The quantitative estimate of drug-likeness (QED) is 0.690. The standard InChI is InChI=1S/C22H27N3O4S/c1-17-10-12-20(13-11-17)30(28,29)25-16-6-5-9-19(25)14-15-23-21(26)22(27)24-18-7-3-2-4-8-18/h2-4,7-8,10-13,19H,5-6,9,14-16H2,1H3,(H,23,26)(H,24,27)/t19-/m1/s1. The Bertz CT molecular complexity index is 975. The number of hydrogen-bond donors (Lipinski definition) is 2. The third-order valence-corrected chi connectivity index (χ3v) is 7.17. The molecule has 3 rings (SSSR count). The van der Waals surface area contributed by atoms with Crippen molar-refractivity contribution in [2.75, 3.05) is 18.4 Å². The molecule has 1 saturated heterocycles. The number of para-hydroxylation sites is 1. The Balaban J connectivity index is 1.57. The van der Waals surface area contributed by atoms with E-state index in [4.69, 9.17) is 0 Å². The first kappa shape index (κ1) is 22.0. The molecule has 2 amide bonds. The van der Waals surface area contributed by atoms with Gasteiger partial charge in [-0.05, 0) is 50.5 Å². The zero-order chi connectivity index (χ0) is 21.6. The van der Waals surface area contributed by atoms with Gasteiger partial charge in [-0.1, -0.05) is 42.3 Å². The zero-order valence-corrected chi connectivity index (χ0v) is 17.8. The molecule has 0 saturated carbocycles. The molecular weight excluding hydrogens is 402 g/mol. The van der Waals surface area contributed by atoms with Crippen molar-refractivity contribution >= 4 is 27.5 Å². The Hall–Kier alpha value is -2.71. The maximum absolute atomic E-state index is 13.1. The first-order valence-electron chi connectivity index (χ1n) is 10.1. The van der Waals surface area contributed by atoms with Crippen molar-refractivity contribution in [2.24, 2.45) is 0 Å². The average Bonchev–Trinajstić information content (AvgIpc) is 2.75. The van der Waals surface area contributed by atoms with Gasteiger partial charge in [0.15, 0.2) is 0 Å². The van der Waals surface area contributed by atoms with Gasteiger partial charge in [0, 0.05) is 24.8 Å².